The zero-order valence-corrected chi connectivity index (χ0v) is 15.0. The minimum atomic E-state index is -0.157. The molecule has 0 radical (unpaired) electrons. The van der Waals surface area contributed by atoms with E-state index in [-0.39, 0.29) is 5.91 Å². The van der Waals surface area contributed by atoms with Gasteiger partial charge in [0.15, 0.2) is 0 Å². The predicted molar refractivity (Wildman–Crippen MR) is 100 cm³/mol. The second-order valence-electron chi connectivity index (χ2n) is 6.21. The molecule has 0 fully saturated rings. The van der Waals surface area contributed by atoms with Gasteiger partial charge in [-0.15, -0.1) is 0 Å². The second kappa shape index (κ2) is 6.25. The van der Waals surface area contributed by atoms with Crippen molar-refractivity contribution in [2.75, 3.05) is 5.32 Å². The Morgan fingerprint density at radius 1 is 1.00 bits per heavy atom. The van der Waals surface area contributed by atoms with Crippen LogP contribution in [0.1, 0.15) is 32.7 Å². The highest BCUT2D eigenvalue weighted by Crippen LogP contribution is 2.25. The van der Waals surface area contributed by atoms with Gasteiger partial charge in [0.25, 0.3) is 5.91 Å². The van der Waals surface area contributed by atoms with E-state index in [2.05, 4.69) is 16.4 Å². The molecule has 0 bridgehead atoms. The zero-order valence-electron chi connectivity index (χ0n) is 14.2. The standard InChI is InChI=1S/C20H19ClN2O/c1-11-7-13(3)19-16(8-11)17(9-14(4)22-19)20(24)23-15-6-5-12(2)18(21)10-15/h5-10H,1-4H3,(H,23,24). The number of pyridine rings is 1. The van der Waals surface area contributed by atoms with E-state index >= 15 is 0 Å². The van der Waals surface area contributed by atoms with Crippen molar-refractivity contribution in [3.05, 3.63) is 69.4 Å². The summed E-state index contributed by atoms with van der Waals surface area (Å²) in [5.41, 5.74) is 6.16. The number of aryl methyl sites for hydroxylation is 4. The Balaban J connectivity index is 2.07. The van der Waals surface area contributed by atoms with Gasteiger partial charge in [-0.05, 0) is 63.1 Å². The number of carbonyl (C=O) groups is 1. The summed E-state index contributed by atoms with van der Waals surface area (Å²) in [6, 6.07) is 11.4. The molecule has 4 heteroatoms. The Bertz CT molecular complexity index is 964. The lowest BCUT2D eigenvalue weighted by Crippen LogP contribution is -2.13. The average Bonchev–Trinajstić information content (AvgIpc) is 2.51. The molecule has 0 unspecified atom stereocenters. The Morgan fingerprint density at radius 2 is 1.75 bits per heavy atom. The van der Waals surface area contributed by atoms with E-state index in [4.69, 9.17) is 11.6 Å². The van der Waals surface area contributed by atoms with Crippen LogP contribution in [-0.2, 0) is 0 Å². The molecular weight excluding hydrogens is 320 g/mol. The summed E-state index contributed by atoms with van der Waals surface area (Å²) in [5.74, 6) is -0.157. The number of fused-ring (bicyclic) bond motifs is 1. The van der Waals surface area contributed by atoms with Gasteiger partial charge in [0.1, 0.15) is 0 Å². The van der Waals surface area contributed by atoms with Crippen LogP contribution in [0.5, 0.6) is 0 Å². The highest BCUT2D eigenvalue weighted by Gasteiger charge is 2.14. The smallest absolute Gasteiger partial charge is 0.256 e. The van der Waals surface area contributed by atoms with Gasteiger partial charge in [-0.25, -0.2) is 0 Å². The maximum absolute atomic E-state index is 12.8. The molecule has 1 aromatic heterocycles. The number of amides is 1. The molecule has 122 valence electrons. The number of nitrogens with one attached hydrogen (secondary N) is 1. The van der Waals surface area contributed by atoms with E-state index in [1.165, 1.54) is 0 Å². The second-order valence-corrected chi connectivity index (χ2v) is 6.61. The van der Waals surface area contributed by atoms with Crippen LogP contribution in [0.15, 0.2) is 36.4 Å². The summed E-state index contributed by atoms with van der Waals surface area (Å²) in [6.07, 6.45) is 0. The molecule has 2 aromatic carbocycles. The van der Waals surface area contributed by atoms with Gasteiger partial charge in [-0.3, -0.25) is 9.78 Å². The van der Waals surface area contributed by atoms with Gasteiger partial charge in [0.05, 0.1) is 11.1 Å². The van der Waals surface area contributed by atoms with Crippen molar-refractivity contribution in [1.82, 2.24) is 4.98 Å². The van der Waals surface area contributed by atoms with Crippen LogP contribution in [-0.4, -0.2) is 10.9 Å². The highest BCUT2D eigenvalue weighted by atomic mass is 35.5. The third-order valence-corrected chi connectivity index (χ3v) is 4.46. The van der Waals surface area contributed by atoms with Gasteiger partial charge < -0.3 is 5.32 Å². The number of nitrogens with zero attached hydrogens (tertiary/aromatic N) is 1. The summed E-state index contributed by atoms with van der Waals surface area (Å²) < 4.78 is 0. The van der Waals surface area contributed by atoms with Crippen molar-refractivity contribution < 1.29 is 4.79 Å². The molecule has 3 rings (SSSR count). The summed E-state index contributed by atoms with van der Waals surface area (Å²) in [5, 5.41) is 4.44. The average molecular weight is 339 g/mol. The normalized spacial score (nSPS) is 10.9. The van der Waals surface area contributed by atoms with Crippen LogP contribution in [0.2, 0.25) is 5.02 Å². The van der Waals surface area contributed by atoms with Crippen molar-refractivity contribution in [1.29, 1.82) is 0 Å². The fourth-order valence-corrected chi connectivity index (χ4v) is 3.05. The number of rotatable bonds is 2. The zero-order chi connectivity index (χ0) is 17.4. The van der Waals surface area contributed by atoms with E-state index in [1.54, 1.807) is 6.07 Å². The van der Waals surface area contributed by atoms with E-state index < -0.39 is 0 Å². The summed E-state index contributed by atoms with van der Waals surface area (Å²) >= 11 is 6.14. The number of carbonyl (C=O) groups excluding carboxylic acids is 1. The summed E-state index contributed by atoms with van der Waals surface area (Å²) in [6.45, 7) is 7.87. The summed E-state index contributed by atoms with van der Waals surface area (Å²) in [7, 11) is 0. The van der Waals surface area contributed by atoms with Crippen molar-refractivity contribution in [3.63, 3.8) is 0 Å². The van der Waals surface area contributed by atoms with Crippen LogP contribution in [0.4, 0.5) is 5.69 Å². The van der Waals surface area contributed by atoms with E-state index in [0.29, 0.717) is 16.3 Å². The van der Waals surface area contributed by atoms with Crippen molar-refractivity contribution in [3.8, 4) is 0 Å². The van der Waals surface area contributed by atoms with Gasteiger partial charge in [-0.1, -0.05) is 29.3 Å². The number of hydrogen-bond acceptors (Lipinski definition) is 2. The molecule has 0 spiro atoms. The molecule has 0 aliphatic heterocycles. The number of hydrogen-bond donors (Lipinski definition) is 1. The van der Waals surface area contributed by atoms with E-state index in [0.717, 1.165) is 33.3 Å². The SMILES string of the molecule is Cc1cc(C)c2nc(C)cc(C(=O)Nc3ccc(C)c(Cl)c3)c2c1. The predicted octanol–water partition coefficient (Wildman–Crippen LogP) is 5.37. The van der Waals surface area contributed by atoms with Crippen LogP contribution in [0.3, 0.4) is 0 Å². The van der Waals surface area contributed by atoms with Gasteiger partial charge in [0.2, 0.25) is 0 Å². The number of benzene rings is 2. The highest BCUT2D eigenvalue weighted by molar-refractivity contribution is 6.31. The molecule has 0 aliphatic carbocycles. The van der Waals surface area contributed by atoms with Crippen molar-refractivity contribution in [2.24, 2.45) is 0 Å². The van der Waals surface area contributed by atoms with Crippen LogP contribution in [0, 0.1) is 27.7 Å². The molecular formula is C20H19ClN2O. The molecule has 0 saturated heterocycles. The molecule has 1 amide bonds. The first-order valence-corrected chi connectivity index (χ1v) is 8.19. The van der Waals surface area contributed by atoms with Crippen LogP contribution < -0.4 is 5.32 Å². The molecule has 1 heterocycles. The summed E-state index contributed by atoms with van der Waals surface area (Å²) in [4.78, 5) is 17.4. The Morgan fingerprint density at radius 3 is 2.46 bits per heavy atom. The van der Waals surface area contributed by atoms with Crippen molar-refractivity contribution in [2.45, 2.75) is 27.7 Å². The fourth-order valence-electron chi connectivity index (χ4n) is 2.87. The maximum atomic E-state index is 12.8. The molecule has 3 aromatic rings. The largest absolute Gasteiger partial charge is 0.322 e. The lowest BCUT2D eigenvalue weighted by atomic mass is 10.0. The van der Waals surface area contributed by atoms with Gasteiger partial charge in [-0.2, -0.15) is 0 Å². The lowest BCUT2D eigenvalue weighted by molar-refractivity contribution is 0.102. The Kier molecular flexibility index (Phi) is 4.29. The van der Waals surface area contributed by atoms with Gasteiger partial charge in [0, 0.05) is 21.8 Å². The topological polar surface area (TPSA) is 42.0 Å². The molecule has 0 saturated carbocycles. The number of anilines is 1. The third-order valence-electron chi connectivity index (χ3n) is 4.05. The fraction of sp³-hybridized carbons (Fsp3) is 0.200. The minimum absolute atomic E-state index is 0.157. The van der Waals surface area contributed by atoms with E-state index in [9.17, 15) is 4.79 Å². The number of halogens is 1. The monoisotopic (exact) mass is 338 g/mol. The quantitative estimate of drug-likeness (QED) is 0.682. The molecule has 1 N–H and O–H groups in total. The van der Waals surface area contributed by atoms with E-state index in [1.807, 2.05) is 52.0 Å². The molecule has 24 heavy (non-hydrogen) atoms. The van der Waals surface area contributed by atoms with Crippen molar-refractivity contribution >= 4 is 34.1 Å². The third kappa shape index (κ3) is 3.13. The first kappa shape index (κ1) is 16.5. The lowest BCUT2D eigenvalue weighted by Gasteiger charge is -2.12. The van der Waals surface area contributed by atoms with Crippen LogP contribution in [0.25, 0.3) is 10.9 Å². The minimum Gasteiger partial charge on any atom is -0.322 e. The van der Waals surface area contributed by atoms with Gasteiger partial charge >= 0.3 is 0 Å². The number of aromatic nitrogens is 1. The maximum Gasteiger partial charge on any atom is 0.256 e. The van der Waals surface area contributed by atoms with Crippen LogP contribution >= 0.6 is 11.6 Å². The molecule has 3 nitrogen and oxygen atoms in total. The Labute approximate surface area is 146 Å². The molecule has 0 atom stereocenters. The first-order chi connectivity index (χ1) is 11.3. The Hall–Kier alpha value is -2.39. The first-order valence-electron chi connectivity index (χ1n) is 7.81. The molecule has 0 aliphatic rings.